The lowest BCUT2D eigenvalue weighted by atomic mass is 10.0. The first-order valence-corrected chi connectivity index (χ1v) is 4.59. The van der Waals surface area contributed by atoms with Crippen LogP contribution in [0, 0.1) is 0 Å². The summed E-state index contributed by atoms with van der Waals surface area (Å²) in [5, 5.41) is 0.680. The Balaban J connectivity index is 2.79. The Hall–Kier alpha value is -1.75. The molecule has 0 bridgehead atoms. The van der Waals surface area contributed by atoms with Crippen LogP contribution in [0.25, 0.3) is 10.8 Å². The van der Waals surface area contributed by atoms with E-state index in [4.69, 9.17) is 5.84 Å². The summed E-state index contributed by atoms with van der Waals surface area (Å²) in [5.41, 5.74) is 1.79. The van der Waals surface area contributed by atoms with Crippen LogP contribution >= 0.6 is 0 Å². The molecule has 2 aromatic rings. The predicted molar refractivity (Wildman–Crippen MR) is 56.8 cm³/mol. The molecule has 0 radical (unpaired) electrons. The van der Waals surface area contributed by atoms with Gasteiger partial charge in [-0.2, -0.15) is 13.2 Å². The van der Waals surface area contributed by atoms with Crippen molar-refractivity contribution in [1.29, 1.82) is 0 Å². The molecule has 0 fully saturated rings. The normalized spacial score (nSPS) is 11.8. The second-order valence-corrected chi connectivity index (χ2v) is 3.39. The Bertz CT molecular complexity index is 520. The molecular formula is C11H9F3N2. The number of rotatable bonds is 1. The number of fused-ring (bicyclic) bond motifs is 1. The van der Waals surface area contributed by atoms with Gasteiger partial charge in [0.1, 0.15) is 0 Å². The van der Waals surface area contributed by atoms with Crippen molar-refractivity contribution in [2.75, 3.05) is 5.43 Å². The number of nitrogens with two attached hydrogens (primary N) is 1. The van der Waals surface area contributed by atoms with Crippen molar-refractivity contribution in [2.45, 2.75) is 6.18 Å². The van der Waals surface area contributed by atoms with Gasteiger partial charge < -0.3 is 5.43 Å². The molecule has 84 valence electrons. The van der Waals surface area contributed by atoms with Gasteiger partial charge in [-0.05, 0) is 22.9 Å². The van der Waals surface area contributed by atoms with Crippen LogP contribution in [0.4, 0.5) is 18.9 Å². The highest BCUT2D eigenvalue weighted by atomic mass is 19.4. The van der Waals surface area contributed by atoms with Gasteiger partial charge >= 0.3 is 6.18 Å². The number of hydrogen-bond acceptors (Lipinski definition) is 2. The lowest BCUT2D eigenvalue weighted by Gasteiger charge is -2.12. The highest BCUT2D eigenvalue weighted by Crippen LogP contribution is 2.36. The number of nitrogens with one attached hydrogen (secondary N) is 1. The van der Waals surface area contributed by atoms with Crippen LogP contribution in [0.5, 0.6) is 0 Å². The topological polar surface area (TPSA) is 38.0 Å². The van der Waals surface area contributed by atoms with Gasteiger partial charge in [0.25, 0.3) is 0 Å². The lowest BCUT2D eigenvalue weighted by molar-refractivity contribution is -0.136. The predicted octanol–water partition coefficient (Wildman–Crippen LogP) is 3.14. The fourth-order valence-corrected chi connectivity index (χ4v) is 1.63. The van der Waals surface area contributed by atoms with Crippen molar-refractivity contribution in [3.63, 3.8) is 0 Å². The summed E-state index contributed by atoms with van der Waals surface area (Å²) in [6.45, 7) is 0. The average molecular weight is 226 g/mol. The van der Waals surface area contributed by atoms with E-state index in [1.165, 1.54) is 6.07 Å². The number of alkyl halides is 3. The molecule has 3 N–H and O–H groups in total. The Labute approximate surface area is 89.8 Å². The minimum atomic E-state index is -4.38. The first kappa shape index (κ1) is 10.8. The number of anilines is 1. The van der Waals surface area contributed by atoms with E-state index in [-0.39, 0.29) is 11.1 Å². The SMILES string of the molecule is NNc1cc(C(F)(F)F)c2ccccc2c1. The largest absolute Gasteiger partial charge is 0.417 e. The number of nitrogen functional groups attached to an aromatic ring is 1. The van der Waals surface area contributed by atoms with Crippen molar-refractivity contribution in [3.05, 3.63) is 42.0 Å². The molecule has 0 aromatic heterocycles. The van der Waals surface area contributed by atoms with Gasteiger partial charge in [0.05, 0.1) is 5.56 Å². The van der Waals surface area contributed by atoms with Crippen LogP contribution in [-0.4, -0.2) is 0 Å². The molecule has 0 saturated carbocycles. The number of hydrogen-bond donors (Lipinski definition) is 2. The molecule has 0 amide bonds. The smallest absolute Gasteiger partial charge is 0.324 e. The van der Waals surface area contributed by atoms with Crippen LogP contribution in [0.15, 0.2) is 36.4 Å². The van der Waals surface area contributed by atoms with E-state index in [0.29, 0.717) is 5.39 Å². The third-order valence-electron chi connectivity index (χ3n) is 2.33. The minimum absolute atomic E-state index is 0.175. The fourth-order valence-electron chi connectivity index (χ4n) is 1.63. The van der Waals surface area contributed by atoms with Crippen molar-refractivity contribution >= 4 is 16.5 Å². The zero-order chi connectivity index (χ0) is 11.8. The first-order valence-electron chi connectivity index (χ1n) is 4.59. The minimum Gasteiger partial charge on any atom is -0.324 e. The maximum atomic E-state index is 12.8. The molecule has 5 heteroatoms. The molecule has 0 aliphatic heterocycles. The standard InChI is InChI=1S/C11H9F3N2/c12-11(13,14)10-6-8(16-15)5-7-3-1-2-4-9(7)10/h1-6,16H,15H2. The molecule has 0 heterocycles. The molecule has 0 unspecified atom stereocenters. The fraction of sp³-hybridized carbons (Fsp3) is 0.0909. The summed E-state index contributed by atoms with van der Waals surface area (Å²) in [6.07, 6.45) is -4.38. The van der Waals surface area contributed by atoms with Crippen LogP contribution in [0.3, 0.4) is 0 Å². The van der Waals surface area contributed by atoms with Crippen LogP contribution in [0.1, 0.15) is 5.56 Å². The van der Waals surface area contributed by atoms with Gasteiger partial charge in [-0.1, -0.05) is 24.3 Å². The molecule has 2 rings (SSSR count). The van der Waals surface area contributed by atoms with Crippen LogP contribution in [-0.2, 0) is 6.18 Å². The summed E-state index contributed by atoms with van der Waals surface area (Å²) in [6, 6.07) is 8.90. The highest BCUT2D eigenvalue weighted by Gasteiger charge is 2.32. The molecule has 0 saturated heterocycles. The number of benzene rings is 2. The van der Waals surface area contributed by atoms with Crippen molar-refractivity contribution in [2.24, 2.45) is 5.84 Å². The summed E-state index contributed by atoms with van der Waals surface area (Å²) >= 11 is 0. The third-order valence-corrected chi connectivity index (χ3v) is 2.33. The molecule has 0 aliphatic rings. The second kappa shape index (κ2) is 3.68. The van der Waals surface area contributed by atoms with Crippen LogP contribution < -0.4 is 11.3 Å². The van der Waals surface area contributed by atoms with E-state index in [2.05, 4.69) is 5.43 Å². The maximum Gasteiger partial charge on any atom is 0.417 e. The first-order chi connectivity index (χ1) is 7.52. The molecule has 0 atom stereocenters. The van der Waals surface area contributed by atoms with Gasteiger partial charge in [0, 0.05) is 5.69 Å². The Morgan fingerprint density at radius 2 is 1.75 bits per heavy atom. The van der Waals surface area contributed by atoms with E-state index in [9.17, 15) is 13.2 Å². The quantitative estimate of drug-likeness (QED) is 0.579. The van der Waals surface area contributed by atoms with E-state index < -0.39 is 11.7 Å². The highest BCUT2D eigenvalue weighted by molar-refractivity contribution is 5.89. The average Bonchev–Trinajstić information content (AvgIpc) is 2.26. The van der Waals surface area contributed by atoms with E-state index in [1.54, 1.807) is 24.3 Å². The summed E-state index contributed by atoms with van der Waals surface area (Å²) in [5.74, 6) is 5.14. The van der Waals surface area contributed by atoms with Crippen molar-refractivity contribution < 1.29 is 13.2 Å². The Kier molecular flexibility index (Phi) is 2.47. The molecule has 2 aromatic carbocycles. The molecule has 2 nitrogen and oxygen atoms in total. The van der Waals surface area contributed by atoms with Gasteiger partial charge in [-0.25, -0.2) is 0 Å². The number of hydrazine groups is 1. The van der Waals surface area contributed by atoms with Crippen LogP contribution in [0.2, 0.25) is 0 Å². The van der Waals surface area contributed by atoms with Gasteiger partial charge in [0.2, 0.25) is 0 Å². The summed E-state index contributed by atoms with van der Waals surface area (Å²) in [7, 11) is 0. The van der Waals surface area contributed by atoms with E-state index >= 15 is 0 Å². The number of halogens is 3. The molecule has 0 aliphatic carbocycles. The third kappa shape index (κ3) is 1.81. The summed E-state index contributed by atoms with van der Waals surface area (Å²) in [4.78, 5) is 0. The zero-order valence-corrected chi connectivity index (χ0v) is 8.18. The van der Waals surface area contributed by atoms with Gasteiger partial charge in [0.15, 0.2) is 0 Å². The Morgan fingerprint density at radius 1 is 1.06 bits per heavy atom. The second-order valence-electron chi connectivity index (χ2n) is 3.39. The van der Waals surface area contributed by atoms with Gasteiger partial charge in [-0.3, -0.25) is 5.84 Å². The summed E-state index contributed by atoms with van der Waals surface area (Å²) < 4.78 is 38.3. The zero-order valence-electron chi connectivity index (χ0n) is 8.18. The van der Waals surface area contributed by atoms with Crippen molar-refractivity contribution in [1.82, 2.24) is 0 Å². The van der Waals surface area contributed by atoms with E-state index in [1.807, 2.05) is 0 Å². The lowest BCUT2D eigenvalue weighted by Crippen LogP contribution is -2.10. The monoisotopic (exact) mass is 226 g/mol. The molecule has 0 spiro atoms. The molecule has 16 heavy (non-hydrogen) atoms. The van der Waals surface area contributed by atoms with E-state index in [0.717, 1.165) is 6.07 Å². The maximum absolute atomic E-state index is 12.8. The molecular weight excluding hydrogens is 217 g/mol. The van der Waals surface area contributed by atoms with Crippen molar-refractivity contribution in [3.8, 4) is 0 Å². The Morgan fingerprint density at radius 3 is 2.38 bits per heavy atom. The van der Waals surface area contributed by atoms with Gasteiger partial charge in [-0.15, -0.1) is 0 Å².